The second kappa shape index (κ2) is 11.4. The number of hydrogen-bond acceptors (Lipinski definition) is 8. The predicted octanol–water partition coefficient (Wildman–Crippen LogP) is -0.412. The molecule has 4 atom stereocenters. The lowest BCUT2D eigenvalue weighted by atomic mass is 9.87. The van der Waals surface area contributed by atoms with Crippen molar-refractivity contribution in [3.8, 4) is 0 Å². The maximum absolute atomic E-state index is 13.4. The minimum Gasteiger partial charge on any atom is -0.480 e. The number of β-lactam (4-membered cyclic amide) rings is 1. The molecule has 0 radical (unpaired) electrons. The molecule has 3 saturated heterocycles. The summed E-state index contributed by atoms with van der Waals surface area (Å²) in [6.07, 6.45) is -1.69. The lowest BCUT2D eigenvalue weighted by molar-refractivity contribution is -0.173. The number of ether oxygens (including phenoxy) is 1. The molecule has 3 aliphatic heterocycles. The molecular formula is C25H34N4O7S. The van der Waals surface area contributed by atoms with Crippen molar-refractivity contribution in [2.45, 2.75) is 42.7 Å². The zero-order valence-corrected chi connectivity index (χ0v) is 21.9. The number of amides is 3. The van der Waals surface area contributed by atoms with Gasteiger partial charge in [-0.25, -0.2) is 4.79 Å². The van der Waals surface area contributed by atoms with Crippen molar-refractivity contribution in [2.75, 3.05) is 45.9 Å². The van der Waals surface area contributed by atoms with Crippen LogP contribution in [0.3, 0.4) is 0 Å². The summed E-state index contributed by atoms with van der Waals surface area (Å²) in [5.41, 5.74) is 0.771. The molecule has 0 saturated carbocycles. The molecule has 3 amide bonds. The van der Waals surface area contributed by atoms with Crippen LogP contribution in [0.2, 0.25) is 0 Å². The highest BCUT2D eigenvalue weighted by molar-refractivity contribution is 8.01. The molecule has 0 aromatic heterocycles. The number of hydrogen-bond donors (Lipinski definition) is 3. The van der Waals surface area contributed by atoms with Gasteiger partial charge in [0.05, 0.1) is 25.1 Å². The fraction of sp³-hybridized carbons (Fsp3) is 0.600. The Balaban J connectivity index is 1.42. The summed E-state index contributed by atoms with van der Waals surface area (Å²) in [7, 11) is 0. The quantitative estimate of drug-likeness (QED) is 0.342. The summed E-state index contributed by atoms with van der Waals surface area (Å²) in [6.45, 7) is 7.26. The maximum Gasteiger partial charge on any atom is 0.327 e. The molecule has 3 fully saturated rings. The number of carbonyl (C=O) groups excluding carboxylic acids is 3. The van der Waals surface area contributed by atoms with E-state index in [-0.39, 0.29) is 19.0 Å². The first-order valence-electron chi connectivity index (χ1n) is 12.4. The van der Waals surface area contributed by atoms with Crippen LogP contribution in [0.15, 0.2) is 30.3 Å². The standard InChI is InChI=1S/C25H34N4O7S/c1-25(2)20(24(34)35)29-21(32)18(23(29)37-25)19(31)22(33)28(14-16-6-4-3-5-7-16)15-17(30)26-8-9-27-10-12-36-13-11-27/h3-7,18-20,23,31H,8-15H2,1-2H3,(H,26,30)(H,34,35)/t18-,19+,20+,23-/m1/s1. The number of carboxylic acids is 1. The summed E-state index contributed by atoms with van der Waals surface area (Å²) in [5.74, 6) is -3.85. The van der Waals surface area contributed by atoms with Gasteiger partial charge in [-0.05, 0) is 19.4 Å². The number of aliphatic hydroxyl groups excluding tert-OH is 1. The summed E-state index contributed by atoms with van der Waals surface area (Å²) in [5, 5.41) is 22.8. The second-order valence-corrected chi connectivity index (χ2v) is 11.8. The minimum atomic E-state index is -1.69. The highest BCUT2D eigenvalue weighted by atomic mass is 32.2. The van der Waals surface area contributed by atoms with E-state index < -0.39 is 46.0 Å². The molecule has 1 aromatic carbocycles. The Morgan fingerprint density at radius 3 is 2.54 bits per heavy atom. The Hall–Kier alpha value is -2.67. The average Bonchev–Trinajstić information content (AvgIpc) is 3.11. The molecule has 12 heteroatoms. The number of morpholine rings is 1. The van der Waals surface area contributed by atoms with E-state index in [0.717, 1.165) is 18.7 Å². The number of aliphatic hydroxyl groups is 1. The van der Waals surface area contributed by atoms with Crippen LogP contribution < -0.4 is 5.32 Å². The van der Waals surface area contributed by atoms with Gasteiger partial charge >= 0.3 is 5.97 Å². The molecule has 0 spiro atoms. The maximum atomic E-state index is 13.4. The van der Waals surface area contributed by atoms with Crippen LogP contribution in [0.4, 0.5) is 0 Å². The van der Waals surface area contributed by atoms with Gasteiger partial charge in [0.15, 0.2) is 0 Å². The zero-order chi connectivity index (χ0) is 26.7. The van der Waals surface area contributed by atoms with E-state index in [2.05, 4.69) is 10.2 Å². The van der Waals surface area contributed by atoms with E-state index in [1.54, 1.807) is 13.8 Å². The highest BCUT2D eigenvalue weighted by Crippen LogP contribution is 2.54. The molecule has 1 aromatic rings. The number of benzene rings is 1. The van der Waals surface area contributed by atoms with Crippen LogP contribution >= 0.6 is 11.8 Å². The van der Waals surface area contributed by atoms with Crippen molar-refractivity contribution in [1.82, 2.24) is 20.0 Å². The summed E-state index contributed by atoms with van der Waals surface area (Å²) in [6, 6.07) is 8.05. The third-order valence-corrected chi connectivity index (χ3v) is 8.62. The lowest BCUT2D eigenvalue weighted by Gasteiger charge is -2.45. The van der Waals surface area contributed by atoms with E-state index in [9.17, 15) is 29.4 Å². The summed E-state index contributed by atoms with van der Waals surface area (Å²) < 4.78 is 4.56. The number of aliphatic carboxylic acids is 1. The first kappa shape index (κ1) is 27.4. The van der Waals surface area contributed by atoms with Gasteiger partial charge in [-0.2, -0.15) is 0 Å². The Labute approximate surface area is 220 Å². The van der Waals surface area contributed by atoms with E-state index in [1.807, 2.05) is 30.3 Å². The normalized spacial score (nSPS) is 25.6. The Morgan fingerprint density at radius 1 is 1.22 bits per heavy atom. The predicted molar refractivity (Wildman–Crippen MR) is 135 cm³/mol. The van der Waals surface area contributed by atoms with E-state index in [0.29, 0.717) is 26.3 Å². The van der Waals surface area contributed by atoms with E-state index >= 15 is 0 Å². The fourth-order valence-corrected chi connectivity index (χ4v) is 6.81. The SMILES string of the molecule is CC1(C)S[C@@H]2[C@H]([C@H](O)C(=O)N(CC(=O)NCCN3CCOCC3)Cc3ccccc3)C(=O)N2[C@H]1C(=O)O. The van der Waals surface area contributed by atoms with Crippen molar-refractivity contribution < 1.29 is 34.1 Å². The molecule has 0 bridgehead atoms. The van der Waals surface area contributed by atoms with E-state index in [4.69, 9.17) is 4.74 Å². The van der Waals surface area contributed by atoms with Gasteiger partial charge in [-0.1, -0.05) is 30.3 Å². The van der Waals surface area contributed by atoms with Gasteiger partial charge in [0.1, 0.15) is 18.1 Å². The Bertz CT molecular complexity index is 1020. The van der Waals surface area contributed by atoms with Crippen LogP contribution in [-0.4, -0.2) is 117 Å². The van der Waals surface area contributed by atoms with Crippen LogP contribution in [0.1, 0.15) is 19.4 Å². The van der Waals surface area contributed by atoms with Gasteiger partial charge < -0.3 is 30.1 Å². The molecule has 3 N–H and O–H groups in total. The third-order valence-electron chi connectivity index (χ3n) is 7.03. The number of nitrogens with zero attached hydrogens (tertiary/aromatic N) is 3. The highest BCUT2D eigenvalue weighted by Gasteiger charge is 2.66. The number of nitrogens with one attached hydrogen (secondary N) is 1. The van der Waals surface area contributed by atoms with Crippen LogP contribution in [0.25, 0.3) is 0 Å². The van der Waals surface area contributed by atoms with Gasteiger partial charge in [0.2, 0.25) is 11.8 Å². The summed E-state index contributed by atoms with van der Waals surface area (Å²) in [4.78, 5) is 55.5. The van der Waals surface area contributed by atoms with Crippen molar-refractivity contribution in [3.63, 3.8) is 0 Å². The van der Waals surface area contributed by atoms with Crippen molar-refractivity contribution in [2.24, 2.45) is 5.92 Å². The van der Waals surface area contributed by atoms with Crippen molar-refractivity contribution in [3.05, 3.63) is 35.9 Å². The number of thioether (sulfide) groups is 1. The third kappa shape index (κ3) is 5.92. The first-order valence-corrected chi connectivity index (χ1v) is 13.3. The average molecular weight is 535 g/mol. The van der Waals surface area contributed by atoms with Gasteiger partial charge in [0.25, 0.3) is 5.91 Å². The molecular weight excluding hydrogens is 500 g/mol. The van der Waals surface area contributed by atoms with Crippen LogP contribution in [0, 0.1) is 5.92 Å². The number of carbonyl (C=O) groups is 4. The van der Waals surface area contributed by atoms with Crippen LogP contribution in [0.5, 0.6) is 0 Å². The first-order chi connectivity index (χ1) is 17.6. The number of rotatable bonds is 10. The molecule has 202 valence electrons. The van der Waals surface area contributed by atoms with Gasteiger partial charge in [-0.3, -0.25) is 19.3 Å². The van der Waals surface area contributed by atoms with Crippen molar-refractivity contribution >= 4 is 35.5 Å². The minimum absolute atomic E-state index is 0.0826. The fourth-order valence-electron chi connectivity index (χ4n) is 5.10. The lowest BCUT2D eigenvalue weighted by Crippen LogP contribution is -2.67. The van der Waals surface area contributed by atoms with Crippen LogP contribution in [-0.2, 0) is 30.5 Å². The molecule has 37 heavy (non-hydrogen) atoms. The van der Waals surface area contributed by atoms with Crippen molar-refractivity contribution in [1.29, 1.82) is 0 Å². The molecule has 0 unspecified atom stereocenters. The Kier molecular flexibility index (Phi) is 8.42. The molecule has 3 heterocycles. The molecule has 4 rings (SSSR count). The molecule has 0 aliphatic carbocycles. The number of carboxylic acid groups (broad SMARTS) is 1. The summed E-state index contributed by atoms with van der Waals surface area (Å²) >= 11 is 1.27. The second-order valence-electron chi connectivity index (χ2n) is 10.1. The molecule has 3 aliphatic rings. The Morgan fingerprint density at radius 2 is 1.89 bits per heavy atom. The van der Waals surface area contributed by atoms with Gasteiger partial charge in [0, 0.05) is 37.5 Å². The topological polar surface area (TPSA) is 140 Å². The largest absolute Gasteiger partial charge is 0.480 e. The smallest absolute Gasteiger partial charge is 0.327 e. The van der Waals surface area contributed by atoms with E-state index in [1.165, 1.54) is 21.6 Å². The van der Waals surface area contributed by atoms with Gasteiger partial charge in [-0.15, -0.1) is 11.8 Å². The number of fused-ring (bicyclic) bond motifs is 1. The molecule has 11 nitrogen and oxygen atoms in total. The zero-order valence-electron chi connectivity index (χ0n) is 21.0. The monoisotopic (exact) mass is 534 g/mol.